The SMILES string of the molecule is CC(=O)CC(C)COc1ccc(CC=NOCc2ccc(C(F)(F)F)cc2)cc1. The molecule has 0 aromatic heterocycles. The number of hydrogen-bond acceptors (Lipinski definition) is 4. The molecule has 0 N–H and O–H groups in total. The van der Waals surface area contributed by atoms with E-state index in [2.05, 4.69) is 5.16 Å². The molecule has 0 spiro atoms. The Labute approximate surface area is 168 Å². The molecule has 0 aliphatic heterocycles. The minimum atomic E-state index is -4.34. The summed E-state index contributed by atoms with van der Waals surface area (Å²) in [6.07, 6.45) is -1.70. The van der Waals surface area contributed by atoms with Crippen molar-refractivity contribution in [3.8, 4) is 5.75 Å². The number of nitrogens with zero attached hydrogens (tertiary/aromatic N) is 1. The third-order valence-corrected chi connectivity index (χ3v) is 4.08. The molecule has 4 nitrogen and oxygen atoms in total. The van der Waals surface area contributed by atoms with Gasteiger partial charge in [0.15, 0.2) is 0 Å². The lowest BCUT2D eigenvalue weighted by molar-refractivity contribution is -0.137. The maximum Gasteiger partial charge on any atom is 0.416 e. The van der Waals surface area contributed by atoms with Crippen LogP contribution in [0.2, 0.25) is 0 Å². The molecule has 2 aromatic carbocycles. The molecule has 0 saturated carbocycles. The van der Waals surface area contributed by atoms with E-state index in [4.69, 9.17) is 9.57 Å². The number of halogens is 3. The summed E-state index contributed by atoms with van der Waals surface area (Å²) >= 11 is 0. The van der Waals surface area contributed by atoms with Crippen LogP contribution in [0.1, 0.15) is 37.0 Å². The van der Waals surface area contributed by atoms with Gasteiger partial charge in [-0.2, -0.15) is 13.2 Å². The van der Waals surface area contributed by atoms with Gasteiger partial charge >= 0.3 is 6.18 Å². The average molecular weight is 407 g/mol. The largest absolute Gasteiger partial charge is 0.493 e. The first-order valence-electron chi connectivity index (χ1n) is 9.25. The molecule has 0 bridgehead atoms. The summed E-state index contributed by atoms with van der Waals surface area (Å²) in [5, 5.41) is 3.83. The number of hydrogen-bond donors (Lipinski definition) is 0. The van der Waals surface area contributed by atoms with E-state index in [-0.39, 0.29) is 18.3 Å². The summed E-state index contributed by atoms with van der Waals surface area (Å²) in [5.41, 5.74) is 0.928. The van der Waals surface area contributed by atoms with Crippen LogP contribution in [0, 0.1) is 5.92 Å². The van der Waals surface area contributed by atoms with Crippen molar-refractivity contribution in [1.82, 2.24) is 0 Å². The first-order valence-corrected chi connectivity index (χ1v) is 9.25. The summed E-state index contributed by atoms with van der Waals surface area (Å²) < 4.78 is 43.2. The lowest BCUT2D eigenvalue weighted by atomic mass is 10.1. The van der Waals surface area contributed by atoms with Gasteiger partial charge in [-0.05, 0) is 48.2 Å². The summed E-state index contributed by atoms with van der Waals surface area (Å²) in [6.45, 7) is 4.12. The van der Waals surface area contributed by atoms with Crippen molar-refractivity contribution >= 4 is 12.0 Å². The molecule has 0 saturated heterocycles. The fourth-order valence-corrected chi connectivity index (χ4v) is 2.61. The number of ketones is 1. The Kier molecular flexibility index (Phi) is 8.24. The minimum absolute atomic E-state index is 0.0971. The van der Waals surface area contributed by atoms with Crippen LogP contribution in [0.25, 0.3) is 0 Å². The van der Waals surface area contributed by atoms with Gasteiger partial charge in [-0.3, -0.25) is 0 Å². The number of rotatable bonds is 10. The first-order chi connectivity index (χ1) is 13.7. The molecule has 156 valence electrons. The van der Waals surface area contributed by atoms with Gasteiger partial charge in [0, 0.05) is 19.1 Å². The Bertz CT molecular complexity index is 800. The van der Waals surface area contributed by atoms with Gasteiger partial charge in [-0.25, -0.2) is 0 Å². The van der Waals surface area contributed by atoms with Crippen molar-refractivity contribution in [2.24, 2.45) is 11.1 Å². The van der Waals surface area contributed by atoms with Crippen LogP contribution in [0.4, 0.5) is 13.2 Å². The van der Waals surface area contributed by atoms with E-state index in [9.17, 15) is 18.0 Å². The number of alkyl halides is 3. The highest BCUT2D eigenvalue weighted by Crippen LogP contribution is 2.29. The van der Waals surface area contributed by atoms with Gasteiger partial charge in [0.25, 0.3) is 0 Å². The molecule has 0 radical (unpaired) electrons. The zero-order valence-electron chi connectivity index (χ0n) is 16.4. The van der Waals surface area contributed by atoms with E-state index in [1.807, 2.05) is 31.2 Å². The van der Waals surface area contributed by atoms with Gasteiger partial charge in [-0.1, -0.05) is 36.3 Å². The van der Waals surface area contributed by atoms with E-state index in [0.717, 1.165) is 23.4 Å². The molecular formula is C22H24F3NO3. The average Bonchev–Trinajstić information content (AvgIpc) is 2.66. The molecule has 7 heteroatoms. The number of ether oxygens (including phenoxy) is 1. The smallest absolute Gasteiger partial charge is 0.416 e. The van der Waals surface area contributed by atoms with Crippen molar-refractivity contribution in [3.63, 3.8) is 0 Å². The second-order valence-electron chi connectivity index (χ2n) is 6.93. The molecule has 0 heterocycles. The van der Waals surface area contributed by atoms with E-state index >= 15 is 0 Å². The molecule has 0 aliphatic rings. The second-order valence-corrected chi connectivity index (χ2v) is 6.93. The standard InChI is InChI=1S/C22H24F3NO3/c1-16(13-17(2)27)14-28-21-9-5-18(6-10-21)11-12-26-29-15-19-3-7-20(8-4-19)22(23,24)25/h3-10,12,16H,11,13-15H2,1-2H3. The fraction of sp³-hybridized carbons (Fsp3) is 0.364. The number of oxime groups is 1. The molecule has 1 atom stereocenters. The van der Waals surface area contributed by atoms with Gasteiger partial charge < -0.3 is 14.4 Å². The third kappa shape index (κ3) is 8.37. The Balaban J connectivity index is 1.71. The minimum Gasteiger partial charge on any atom is -0.493 e. The zero-order valence-corrected chi connectivity index (χ0v) is 16.4. The maximum absolute atomic E-state index is 12.5. The van der Waals surface area contributed by atoms with Crippen molar-refractivity contribution < 1.29 is 27.5 Å². The normalized spacial score (nSPS) is 12.7. The Morgan fingerprint density at radius 1 is 1.07 bits per heavy atom. The monoisotopic (exact) mass is 407 g/mol. The number of carbonyl (C=O) groups excluding carboxylic acids is 1. The van der Waals surface area contributed by atoms with E-state index < -0.39 is 11.7 Å². The second kappa shape index (κ2) is 10.6. The first kappa shape index (κ1) is 22.5. The predicted molar refractivity (Wildman–Crippen MR) is 105 cm³/mol. The summed E-state index contributed by atoms with van der Waals surface area (Å²) in [4.78, 5) is 16.2. The van der Waals surface area contributed by atoms with Crippen LogP contribution < -0.4 is 4.74 Å². The van der Waals surface area contributed by atoms with Crippen LogP contribution in [-0.4, -0.2) is 18.6 Å². The number of benzene rings is 2. The van der Waals surface area contributed by atoms with Crippen molar-refractivity contribution in [3.05, 3.63) is 65.2 Å². The van der Waals surface area contributed by atoms with Crippen LogP contribution in [0.3, 0.4) is 0 Å². The lowest BCUT2D eigenvalue weighted by Crippen LogP contribution is -2.11. The highest BCUT2D eigenvalue weighted by atomic mass is 19.4. The molecular weight excluding hydrogens is 383 g/mol. The quantitative estimate of drug-likeness (QED) is 0.389. The number of Topliss-reactive ketones (excluding diaryl/α,β-unsaturated/α-hetero) is 1. The zero-order chi connectivity index (χ0) is 21.3. The molecule has 2 aromatic rings. The van der Waals surface area contributed by atoms with Crippen LogP contribution >= 0.6 is 0 Å². The number of carbonyl (C=O) groups is 1. The van der Waals surface area contributed by atoms with Crippen molar-refractivity contribution in [2.45, 2.75) is 39.5 Å². The Hall–Kier alpha value is -2.83. The van der Waals surface area contributed by atoms with Gasteiger partial charge in [0.1, 0.15) is 18.1 Å². The van der Waals surface area contributed by atoms with Crippen LogP contribution in [-0.2, 0) is 28.8 Å². The van der Waals surface area contributed by atoms with E-state index in [1.165, 1.54) is 12.1 Å². The molecule has 2 rings (SSSR count). The Morgan fingerprint density at radius 3 is 2.28 bits per heavy atom. The van der Waals surface area contributed by atoms with E-state index in [0.29, 0.717) is 25.0 Å². The van der Waals surface area contributed by atoms with Crippen LogP contribution in [0.5, 0.6) is 5.75 Å². The van der Waals surface area contributed by atoms with E-state index in [1.54, 1.807) is 13.1 Å². The predicted octanol–water partition coefficient (Wildman–Crippen LogP) is 5.44. The van der Waals surface area contributed by atoms with Gasteiger partial charge in [0.2, 0.25) is 0 Å². The third-order valence-electron chi connectivity index (χ3n) is 4.08. The topological polar surface area (TPSA) is 47.9 Å². The molecule has 0 aliphatic carbocycles. The van der Waals surface area contributed by atoms with Gasteiger partial charge in [-0.15, -0.1) is 0 Å². The van der Waals surface area contributed by atoms with Crippen molar-refractivity contribution in [1.29, 1.82) is 0 Å². The summed E-state index contributed by atoms with van der Waals surface area (Å²) in [6, 6.07) is 12.3. The molecule has 1 unspecified atom stereocenters. The highest BCUT2D eigenvalue weighted by molar-refractivity contribution is 5.75. The van der Waals surface area contributed by atoms with Crippen molar-refractivity contribution in [2.75, 3.05) is 6.61 Å². The summed E-state index contributed by atoms with van der Waals surface area (Å²) in [7, 11) is 0. The highest BCUT2D eigenvalue weighted by Gasteiger charge is 2.29. The lowest BCUT2D eigenvalue weighted by Gasteiger charge is -2.11. The molecule has 0 fully saturated rings. The van der Waals surface area contributed by atoms with Crippen LogP contribution in [0.15, 0.2) is 53.7 Å². The fourth-order valence-electron chi connectivity index (χ4n) is 2.61. The summed E-state index contributed by atoms with van der Waals surface area (Å²) in [5.74, 6) is 1.05. The van der Waals surface area contributed by atoms with Gasteiger partial charge in [0.05, 0.1) is 12.2 Å². The molecule has 0 amide bonds. The molecule has 29 heavy (non-hydrogen) atoms. The maximum atomic E-state index is 12.5. The Morgan fingerprint density at radius 2 is 1.69 bits per heavy atom.